The largest absolute Gasteiger partial charge is 0.394 e. The zero-order valence-corrected chi connectivity index (χ0v) is 9.26. The van der Waals surface area contributed by atoms with Crippen LogP contribution in [0.15, 0.2) is 6.07 Å². The molecule has 1 aromatic rings. The molecule has 6 heteroatoms. The molecule has 0 aromatic carbocycles. The van der Waals surface area contributed by atoms with E-state index in [1.807, 2.05) is 13.0 Å². The number of aliphatic hydroxyl groups is 1. The molecule has 1 aliphatic rings. The lowest BCUT2D eigenvalue weighted by Crippen LogP contribution is -2.44. The van der Waals surface area contributed by atoms with E-state index in [1.54, 1.807) is 0 Å². The van der Waals surface area contributed by atoms with Crippen LogP contribution in [0.5, 0.6) is 0 Å². The summed E-state index contributed by atoms with van der Waals surface area (Å²) in [7, 11) is 0. The van der Waals surface area contributed by atoms with Crippen molar-refractivity contribution in [2.24, 2.45) is 0 Å². The van der Waals surface area contributed by atoms with Crippen LogP contribution in [0.3, 0.4) is 0 Å². The summed E-state index contributed by atoms with van der Waals surface area (Å²) in [6, 6.07) is 1.89. The van der Waals surface area contributed by atoms with Gasteiger partial charge in [-0.25, -0.2) is 4.98 Å². The van der Waals surface area contributed by atoms with Gasteiger partial charge in [-0.1, -0.05) is 0 Å². The molecule has 88 valence electrons. The summed E-state index contributed by atoms with van der Waals surface area (Å²) in [5.41, 5.74) is 6.45. The van der Waals surface area contributed by atoms with Crippen molar-refractivity contribution in [3.05, 3.63) is 11.8 Å². The maximum Gasteiger partial charge on any atom is 0.222 e. The molecule has 0 bridgehead atoms. The monoisotopic (exact) mass is 224 g/mol. The molecule has 1 aromatic heterocycles. The molecule has 0 saturated carbocycles. The number of aromatic nitrogens is 2. The number of nitrogens with two attached hydrogens (primary N) is 1. The number of nitrogen functional groups attached to an aromatic ring is 1. The van der Waals surface area contributed by atoms with Gasteiger partial charge in [-0.3, -0.25) is 0 Å². The minimum absolute atomic E-state index is 0.0239. The lowest BCUT2D eigenvalue weighted by Gasteiger charge is -2.32. The van der Waals surface area contributed by atoms with Crippen LogP contribution >= 0.6 is 0 Å². The minimum atomic E-state index is -0.148. The van der Waals surface area contributed by atoms with Crippen molar-refractivity contribution in [3.8, 4) is 0 Å². The van der Waals surface area contributed by atoms with Gasteiger partial charge in [0.2, 0.25) is 5.95 Å². The predicted molar refractivity (Wildman–Crippen MR) is 60.2 cm³/mol. The molecule has 16 heavy (non-hydrogen) atoms. The molecule has 0 radical (unpaired) electrons. The van der Waals surface area contributed by atoms with E-state index in [0.717, 1.165) is 18.1 Å². The molecule has 1 fully saturated rings. The molecule has 3 N–H and O–H groups in total. The normalized spacial score (nSPS) is 21.1. The Morgan fingerprint density at radius 3 is 3.12 bits per heavy atom. The SMILES string of the molecule is Cc1cc(N2CCOC(CO)C2)nc(N)n1. The van der Waals surface area contributed by atoms with Crippen molar-refractivity contribution in [1.82, 2.24) is 9.97 Å². The molecule has 6 nitrogen and oxygen atoms in total. The van der Waals surface area contributed by atoms with E-state index in [9.17, 15) is 0 Å². The second kappa shape index (κ2) is 4.63. The molecule has 0 aliphatic carbocycles. The van der Waals surface area contributed by atoms with Crippen molar-refractivity contribution in [3.63, 3.8) is 0 Å². The van der Waals surface area contributed by atoms with Crippen LogP contribution in [-0.2, 0) is 4.74 Å². The van der Waals surface area contributed by atoms with Gasteiger partial charge >= 0.3 is 0 Å². The fourth-order valence-corrected chi connectivity index (χ4v) is 1.77. The van der Waals surface area contributed by atoms with Crippen LogP contribution in [0.1, 0.15) is 5.69 Å². The smallest absolute Gasteiger partial charge is 0.222 e. The number of ether oxygens (including phenoxy) is 1. The highest BCUT2D eigenvalue weighted by Gasteiger charge is 2.21. The highest BCUT2D eigenvalue weighted by Crippen LogP contribution is 2.16. The molecular formula is C10H16N4O2. The van der Waals surface area contributed by atoms with Crippen LogP contribution in [0, 0.1) is 6.92 Å². The van der Waals surface area contributed by atoms with Gasteiger partial charge in [0, 0.05) is 24.8 Å². The summed E-state index contributed by atoms with van der Waals surface area (Å²) in [6.45, 7) is 3.88. The average molecular weight is 224 g/mol. The Morgan fingerprint density at radius 2 is 2.44 bits per heavy atom. The van der Waals surface area contributed by atoms with E-state index in [4.69, 9.17) is 15.6 Å². The summed E-state index contributed by atoms with van der Waals surface area (Å²) in [6.07, 6.45) is -0.148. The standard InChI is InChI=1S/C10H16N4O2/c1-7-4-9(13-10(11)12-7)14-2-3-16-8(5-14)6-15/h4,8,15H,2-3,5-6H2,1H3,(H2,11,12,13). The summed E-state index contributed by atoms with van der Waals surface area (Å²) >= 11 is 0. The number of rotatable bonds is 2. The van der Waals surface area contributed by atoms with Crippen LogP contribution in [0.25, 0.3) is 0 Å². The predicted octanol–water partition coefficient (Wildman–Crippen LogP) is -0.435. The summed E-state index contributed by atoms with van der Waals surface area (Å²) in [4.78, 5) is 10.3. The molecule has 0 spiro atoms. The lowest BCUT2D eigenvalue weighted by molar-refractivity contribution is 0.00336. The summed E-state index contributed by atoms with van der Waals surface area (Å²) in [5.74, 6) is 1.08. The second-order valence-corrected chi connectivity index (χ2v) is 3.85. The van der Waals surface area contributed by atoms with E-state index >= 15 is 0 Å². The van der Waals surface area contributed by atoms with Gasteiger partial charge in [-0.2, -0.15) is 4.98 Å². The number of aliphatic hydroxyl groups excluding tert-OH is 1. The Labute approximate surface area is 94.1 Å². The van der Waals surface area contributed by atoms with E-state index in [-0.39, 0.29) is 18.7 Å². The number of morpholine rings is 1. The molecule has 1 atom stereocenters. The third-order valence-corrected chi connectivity index (χ3v) is 2.52. The number of aryl methyl sites for hydroxylation is 1. The number of hydrogen-bond donors (Lipinski definition) is 2. The summed E-state index contributed by atoms with van der Waals surface area (Å²) < 4.78 is 5.37. The van der Waals surface area contributed by atoms with Crippen molar-refractivity contribution in [2.75, 3.05) is 36.9 Å². The Morgan fingerprint density at radius 1 is 1.62 bits per heavy atom. The fraction of sp³-hybridized carbons (Fsp3) is 0.600. The van der Waals surface area contributed by atoms with E-state index in [2.05, 4.69) is 14.9 Å². The molecule has 2 heterocycles. The molecular weight excluding hydrogens is 208 g/mol. The van der Waals surface area contributed by atoms with Gasteiger partial charge in [0.15, 0.2) is 0 Å². The zero-order chi connectivity index (χ0) is 11.5. The maximum absolute atomic E-state index is 9.06. The van der Waals surface area contributed by atoms with Crippen molar-refractivity contribution < 1.29 is 9.84 Å². The topological polar surface area (TPSA) is 84.5 Å². The lowest BCUT2D eigenvalue weighted by atomic mass is 10.2. The third-order valence-electron chi connectivity index (χ3n) is 2.52. The highest BCUT2D eigenvalue weighted by molar-refractivity contribution is 5.43. The third kappa shape index (κ3) is 2.40. The average Bonchev–Trinajstić information content (AvgIpc) is 2.28. The Balaban J connectivity index is 2.16. The molecule has 0 amide bonds. The Kier molecular flexibility index (Phi) is 3.21. The first-order valence-electron chi connectivity index (χ1n) is 5.27. The van der Waals surface area contributed by atoms with Crippen molar-refractivity contribution in [2.45, 2.75) is 13.0 Å². The first kappa shape index (κ1) is 11.1. The molecule has 2 rings (SSSR count). The second-order valence-electron chi connectivity index (χ2n) is 3.85. The van der Waals surface area contributed by atoms with E-state index in [0.29, 0.717) is 13.2 Å². The number of anilines is 2. The maximum atomic E-state index is 9.06. The highest BCUT2D eigenvalue weighted by atomic mass is 16.5. The Hall–Kier alpha value is -1.40. The van der Waals surface area contributed by atoms with E-state index < -0.39 is 0 Å². The zero-order valence-electron chi connectivity index (χ0n) is 9.26. The molecule has 1 saturated heterocycles. The van der Waals surface area contributed by atoms with Gasteiger partial charge in [0.1, 0.15) is 5.82 Å². The van der Waals surface area contributed by atoms with E-state index in [1.165, 1.54) is 0 Å². The number of nitrogens with zero attached hydrogens (tertiary/aromatic N) is 3. The van der Waals surface area contributed by atoms with Gasteiger partial charge in [0.05, 0.1) is 19.3 Å². The Bertz CT molecular complexity index is 352. The van der Waals surface area contributed by atoms with Gasteiger partial charge in [-0.15, -0.1) is 0 Å². The molecule has 1 aliphatic heterocycles. The van der Waals surface area contributed by atoms with Gasteiger partial charge < -0.3 is 20.5 Å². The minimum Gasteiger partial charge on any atom is -0.394 e. The van der Waals surface area contributed by atoms with Crippen LogP contribution in [0.4, 0.5) is 11.8 Å². The fourth-order valence-electron chi connectivity index (χ4n) is 1.77. The number of hydrogen-bond acceptors (Lipinski definition) is 6. The van der Waals surface area contributed by atoms with Gasteiger partial charge in [0.25, 0.3) is 0 Å². The summed E-state index contributed by atoms with van der Waals surface area (Å²) in [5, 5.41) is 9.06. The first-order chi connectivity index (χ1) is 7.69. The molecule has 1 unspecified atom stereocenters. The van der Waals surface area contributed by atoms with Crippen LogP contribution in [-0.4, -0.2) is 47.5 Å². The van der Waals surface area contributed by atoms with Crippen LogP contribution < -0.4 is 10.6 Å². The first-order valence-corrected chi connectivity index (χ1v) is 5.27. The van der Waals surface area contributed by atoms with Crippen LogP contribution in [0.2, 0.25) is 0 Å². The quantitative estimate of drug-likeness (QED) is 0.708. The van der Waals surface area contributed by atoms with Crippen molar-refractivity contribution in [1.29, 1.82) is 0 Å². The van der Waals surface area contributed by atoms with Gasteiger partial charge in [-0.05, 0) is 6.92 Å². The van der Waals surface area contributed by atoms with Crippen molar-refractivity contribution >= 4 is 11.8 Å².